The van der Waals surface area contributed by atoms with Crippen LogP contribution in [0.3, 0.4) is 0 Å². The molecule has 0 saturated carbocycles. The summed E-state index contributed by atoms with van der Waals surface area (Å²) in [6.07, 6.45) is 1.41. The van der Waals surface area contributed by atoms with Crippen LogP contribution in [-0.4, -0.2) is 61.0 Å². The Morgan fingerprint density at radius 1 is 0.931 bits per heavy atom. The first-order chi connectivity index (χ1) is 14.1. The van der Waals surface area contributed by atoms with Crippen molar-refractivity contribution in [2.24, 2.45) is 5.92 Å². The second kappa shape index (κ2) is 8.82. The van der Waals surface area contributed by atoms with Gasteiger partial charge in [-0.15, -0.1) is 11.3 Å². The highest BCUT2D eigenvalue weighted by molar-refractivity contribution is 7.14. The molecule has 2 aliphatic heterocycles. The number of halogens is 1. The third kappa shape index (κ3) is 4.70. The van der Waals surface area contributed by atoms with E-state index >= 15 is 0 Å². The minimum Gasteiger partial charge on any atom is -0.368 e. The Hall–Kier alpha value is -2.61. The molecule has 0 radical (unpaired) electrons. The summed E-state index contributed by atoms with van der Waals surface area (Å²) in [5, 5.41) is 5.67. The number of carbonyl (C=O) groups is 2. The summed E-state index contributed by atoms with van der Waals surface area (Å²) in [4.78, 5) is 31.2. The molecule has 1 N–H and O–H groups in total. The van der Waals surface area contributed by atoms with Crippen LogP contribution < -0.4 is 10.2 Å². The minimum atomic E-state index is -0.238. The molecule has 4 rings (SSSR count). The molecule has 2 fully saturated rings. The largest absolute Gasteiger partial charge is 0.368 e. The van der Waals surface area contributed by atoms with E-state index < -0.39 is 0 Å². The fourth-order valence-corrected chi connectivity index (χ4v) is 4.57. The van der Waals surface area contributed by atoms with Crippen molar-refractivity contribution < 1.29 is 14.0 Å². The van der Waals surface area contributed by atoms with Crippen molar-refractivity contribution in [3.8, 4) is 0 Å². The van der Waals surface area contributed by atoms with Crippen molar-refractivity contribution in [1.29, 1.82) is 0 Å². The molecule has 2 saturated heterocycles. The molecule has 6 nitrogen and oxygen atoms in total. The van der Waals surface area contributed by atoms with Gasteiger partial charge >= 0.3 is 6.03 Å². The summed E-state index contributed by atoms with van der Waals surface area (Å²) in [5.74, 6) is -0.0572. The molecular formula is C21H25FN4O2S. The molecule has 0 spiro atoms. The molecule has 0 atom stereocenters. The zero-order valence-electron chi connectivity index (χ0n) is 16.2. The first-order valence-corrected chi connectivity index (χ1v) is 10.9. The van der Waals surface area contributed by atoms with Crippen molar-refractivity contribution in [3.63, 3.8) is 0 Å². The van der Waals surface area contributed by atoms with Crippen molar-refractivity contribution >= 4 is 34.0 Å². The Labute approximate surface area is 173 Å². The highest BCUT2D eigenvalue weighted by Gasteiger charge is 2.31. The van der Waals surface area contributed by atoms with Gasteiger partial charge in [-0.3, -0.25) is 10.1 Å². The lowest BCUT2D eigenvalue weighted by atomic mass is 9.95. The number of piperidine rings is 1. The number of piperazine rings is 1. The Morgan fingerprint density at radius 2 is 1.62 bits per heavy atom. The number of urea groups is 1. The van der Waals surface area contributed by atoms with Gasteiger partial charge in [0.25, 0.3) is 0 Å². The van der Waals surface area contributed by atoms with Gasteiger partial charge in [0.15, 0.2) is 0 Å². The maximum Gasteiger partial charge on any atom is 0.322 e. The van der Waals surface area contributed by atoms with Crippen LogP contribution >= 0.6 is 11.3 Å². The number of nitrogens with zero attached hydrogens (tertiary/aromatic N) is 3. The summed E-state index contributed by atoms with van der Waals surface area (Å²) < 4.78 is 13.1. The molecule has 3 heterocycles. The summed E-state index contributed by atoms with van der Waals surface area (Å²) in [6.45, 7) is 4.05. The fourth-order valence-electron chi connectivity index (χ4n) is 3.96. The quantitative estimate of drug-likeness (QED) is 0.834. The maximum absolute atomic E-state index is 13.1. The lowest BCUT2D eigenvalue weighted by molar-refractivity contribution is -0.137. The second-order valence-electron chi connectivity index (χ2n) is 7.46. The molecule has 0 aliphatic carbocycles. The summed E-state index contributed by atoms with van der Waals surface area (Å²) in [5.41, 5.74) is 0.989. The monoisotopic (exact) mass is 416 g/mol. The van der Waals surface area contributed by atoms with Crippen molar-refractivity contribution in [3.05, 3.63) is 47.6 Å². The van der Waals surface area contributed by atoms with Crippen LogP contribution in [0.25, 0.3) is 0 Å². The predicted molar refractivity (Wildman–Crippen MR) is 113 cm³/mol. The van der Waals surface area contributed by atoms with Crippen LogP contribution in [0.1, 0.15) is 12.8 Å². The maximum atomic E-state index is 13.1. The molecule has 0 unspecified atom stereocenters. The average Bonchev–Trinajstić information content (AvgIpc) is 3.27. The number of anilines is 2. The van der Waals surface area contributed by atoms with Gasteiger partial charge in [-0.25, -0.2) is 9.18 Å². The van der Waals surface area contributed by atoms with E-state index in [2.05, 4.69) is 10.2 Å². The zero-order chi connectivity index (χ0) is 20.2. The first kappa shape index (κ1) is 19.7. The number of rotatable bonds is 3. The van der Waals surface area contributed by atoms with Gasteiger partial charge in [-0.2, -0.15) is 0 Å². The fraction of sp³-hybridized carbons (Fsp3) is 0.429. The second-order valence-corrected chi connectivity index (χ2v) is 8.41. The van der Waals surface area contributed by atoms with E-state index in [1.54, 1.807) is 17.0 Å². The third-order valence-electron chi connectivity index (χ3n) is 5.67. The van der Waals surface area contributed by atoms with Gasteiger partial charge in [0.2, 0.25) is 5.91 Å². The number of benzene rings is 1. The Bertz CT molecular complexity index is 827. The molecule has 2 aromatic rings. The van der Waals surface area contributed by atoms with Crippen molar-refractivity contribution in [2.45, 2.75) is 12.8 Å². The average molecular weight is 417 g/mol. The standard InChI is InChI=1S/C21H25FN4O2S/c22-17-3-5-18(6-4-17)24-11-13-25(14-12-24)20(27)16-7-9-26(10-8-16)21(28)23-19-2-1-15-29-19/h1-6,15-16H,7-14H2,(H,23,28). The van der Waals surface area contributed by atoms with Crippen LogP contribution in [0.15, 0.2) is 41.8 Å². The first-order valence-electron chi connectivity index (χ1n) is 9.99. The highest BCUT2D eigenvalue weighted by atomic mass is 32.1. The topological polar surface area (TPSA) is 55.9 Å². The van der Waals surface area contributed by atoms with E-state index in [-0.39, 0.29) is 23.7 Å². The molecule has 8 heteroatoms. The molecule has 29 heavy (non-hydrogen) atoms. The van der Waals surface area contributed by atoms with Crippen molar-refractivity contribution in [2.75, 3.05) is 49.5 Å². The lowest BCUT2D eigenvalue weighted by Crippen LogP contribution is -2.52. The van der Waals surface area contributed by atoms with Crippen LogP contribution in [0.4, 0.5) is 19.9 Å². The van der Waals surface area contributed by atoms with Gasteiger partial charge < -0.3 is 14.7 Å². The molecule has 154 valence electrons. The van der Waals surface area contributed by atoms with E-state index in [0.717, 1.165) is 23.8 Å². The molecule has 1 aromatic heterocycles. The van der Waals surface area contributed by atoms with E-state index in [1.165, 1.54) is 23.5 Å². The van der Waals surface area contributed by atoms with Crippen LogP contribution in [-0.2, 0) is 4.79 Å². The number of hydrogen-bond acceptors (Lipinski definition) is 4. The van der Waals surface area contributed by atoms with E-state index in [9.17, 15) is 14.0 Å². The Morgan fingerprint density at radius 3 is 2.24 bits per heavy atom. The Kier molecular flexibility index (Phi) is 5.99. The molecule has 3 amide bonds. The number of carbonyl (C=O) groups excluding carboxylic acids is 2. The van der Waals surface area contributed by atoms with Gasteiger partial charge in [0.1, 0.15) is 5.82 Å². The van der Waals surface area contributed by atoms with Gasteiger partial charge in [0.05, 0.1) is 5.00 Å². The van der Waals surface area contributed by atoms with E-state index in [1.807, 2.05) is 22.4 Å². The van der Waals surface area contributed by atoms with E-state index in [4.69, 9.17) is 0 Å². The third-order valence-corrected chi connectivity index (χ3v) is 6.45. The van der Waals surface area contributed by atoms with Gasteiger partial charge in [0, 0.05) is 50.9 Å². The van der Waals surface area contributed by atoms with Crippen LogP contribution in [0, 0.1) is 11.7 Å². The van der Waals surface area contributed by atoms with Crippen molar-refractivity contribution in [1.82, 2.24) is 9.80 Å². The predicted octanol–water partition coefficient (Wildman–Crippen LogP) is 3.48. The number of nitrogens with one attached hydrogen (secondary N) is 1. The highest BCUT2D eigenvalue weighted by Crippen LogP contribution is 2.23. The number of amides is 3. The number of hydrogen-bond donors (Lipinski definition) is 1. The summed E-state index contributed by atoms with van der Waals surface area (Å²) in [6, 6.07) is 10.2. The summed E-state index contributed by atoms with van der Waals surface area (Å²) >= 11 is 1.50. The zero-order valence-corrected chi connectivity index (χ0v) is 17.0. The number of thiophene rings is 1. The van der Waals surface area contributed by atoms with Crippen LogP contribution in [0.5, 0.6) is 0 Å². The smallest absolute Gasteiger partial charge is 0.322 e. The molecule has 1 aromatic carbocycles. The summed E-state index contributed by atoms with van der Waals surface area (Å²) in [7, 11) is 0. The Balaban J connectivity index is 1.24. The van der Waals surface area contributed by atoms with Gasteiger partial charge in [-0.05, 0) is 54.6 Å². The lowest BCUT2D eigenvalue weighted by Gasteiger charge is -2.39. The van der Waals surface area contributed by atoms with Crippen LogP contribution in [0.2, 0.25) is 0 Å². The molecule has 0 bridgehead atoms. The molecule has 2 aliphatic rings. The molecular weight excluding hydrogens is 391 g/mol. The van der Waals surface area contributed by atoms with Gasteiger partial charge in [-0.1, -0.05) is 0 Å². The SMILES string of the molecule is O=C(Nc1cccs1)N1CCC(C(=O)N2CCN(c3ccc(F)cc3)CC2)CC1. The normalized spacial score (nSPS) is 18.0. The minimum absolute atomic E-state index is 0.0156. The number of likely N-dealkylation sites (tertiary alicyclic amines) is 1. The van der Waals surface area contributed by atoms with E-state index in [0.29, 0.717) is 39.0 Å².